The summed E-state index contributed by atoms with van der Waals surface area (Å²) >= 11 is 5.98. The van der Waals surface area contributed by atoms with Gasteiger partial charge in [-0.05, 0) is 37.5 Å². The first-order chi connectivity index (χ1) is 9.58. The van der Waals surface area contributed by atoms with Gasteiger partial charge < -0.3 is 10.2 Å². The zero-order valence-corrected chi connectivity index (χ0v) is 13.4. The molecule has 0 saturated heterocycles. The zero-order chi connectivity index (χ0) is 15.0. The molecule has 0 saturated carbocycles. The summed E-state index contributed by atoms with van der Waals surface area (Å²) in [5.74, 6) is 0.169. The predicted octanol–water partition coefficient (Wildman–Crippen LogP) is 3.64. The third-order valence-electron chi connectivity index (χ3n) is 3.25. The summed E-state index contributed by atoms with van der Waals surface area (Å²) < 4.78 is 0. The molecule has 0 aliphatic heterocycles. The molecule has 112 valence electrons. The summed E-state index contributed by atoms with van der Waals surface area (Å²) in [6.07, 6.45) is 1.99. The van der Waals surface area contributed by atoms with Crippen LogP contribution >= 0.6 is 11.6 Å². The quantitative estimate of drug-likeness (QED) is 0.794. The molecule has 1 unspecified atom stereocenters. The first-order valence-corrected chi connectivity index (χ1v) is 7.72. The van der Waals surface area contributed by atoms with Crippen molar-refractivity contribution in [3.63, 3.8) is 0 Å². The van der Waals surface area contributed by atoms with Crippen molar-refractivity contribution in [1.29, 1.82) is 0 Å². The maximum absolute atomic E-state index is 12.2. The van der Waals surface area contributed by atoms with E-state index in [1.54, 1.807) is 0 Å². The molecule has 0 heterocycles. The molecule has 1 atom stereocenters. The lowest BCUT2D eigenvalue weighted by Crippen LogP contribution is -2.39. The lowest BCUT2D eigenvalue weighted by molar-refractivity contribution is -0.130. The Morgan fingerprint density at radius 2 is 1.95 bits per heavy atom. The molecule has 0 aliphatic rings. The van der Waals surface area contributed by atoms with E-state index in [4.69, 9.17) is 11.6 Å². The summed E-state index contributed by atoms with van der Waals surface area (Å²) in [6, 6.07) is 7.84. The molecule has 0 spiro atoms. The fourth-order valence-corrected chi connectivity index (χ4v) is 2.35. The summed E-state index contributed by atoms with van der Waals surface area (Å²) in [7, 11) is 0. The maximum Gasteiger partial charge on any atom is 0.236 e. The second-order valence-electron chi connectivity index (χ2n) is 5.04. The van der Waals surface area contributed by atoms with Crippen LogP contribution in [0.2, 0.25) is 5.02 Å². The molecule has 1 aromatic carbocycles. The van der Waals surface area contributed by atoms with Gasteiger partial charge in [0.15, 0.2) is 0 Å². The van der Waals surface area contributed by atoms with Crippen LogP contribution in [0.25, 0.3) is 0 Å². The lowest BCUT2D eigenvalue weighted by Gasteiger charge is -2.23. The Labute approximate surface area is 127 Å². The molecule has 20 heavy (non-hydrogen) atoms. The Balaban J connectivity index is 2.50. The number of halogens is 1. The SMILES string of the molecule is CCCN(CCC)C(=O)CNC(C)c1cccc(Cl)c1. The van der Waals surface area contributed by atoms with Gasteiger partial charge in [0.25, 0.3) is 0 Å². The van der Waals surface area contributed by atoms with E-state index in [0.29, 0.717) is 6.54 Å². The highest BCUT2D eigenvalue weighted by molar-refractivity contribution is 6.30. The second kappa shape index (κ2) is 8.98. The minimum Gasteiger partial charge on any atom is -0.342 e. The first kappa shape index (κ1) is 17.0. The van der Waals surface area contributed by atoms with Gasteiger partial charge >= 0.3 is 0 Å². The van der Waals surface area contributed by atoms with Gasteiger partial charge in [-0.1, -0.05) is 37.6 Å². The number of nitrogens with one attached hydrogen (secondary N) is 1. The van der Waals surface area contributed by atoms with Crippen molar-refractivity contribution in [2.24, 2.45) is 0 Å². The number of hydrogen-bond acceptors (Lipinski definition) is 2. The van der Waals surface area contributed by atoms with Crippen molar-refractivity contribution in [2.45, 2.75) is 39.7 Å². The van der Waals surface area contributed by atoms with E-state index in [-0.39, 0.29) is 11.9 Å². The van der Waals surface area contributed by atoms with Crippen LogP contribution in [-0.4, -0.2) is 30.4 Å². The minimum atomic E-state index is 0.114. The van der Waals surface area contributed by atoms with Crippen molar-refractivity contribution in [3.05, 3.63) is 34.9 Å². The number of nitrogens with zero attached hydrogens (tertiary/aromatic N) is 1. The number of carbonyl (C=O) groups is 1. The van der Waals surface area contributed by atoms with Gasteiger partial charge in [-0.2, -0.15) is 0 Å². The molecular formula is C16H25ClN2O. The number of hydrogen-bond donors (Lipinski definition) is 1. The van der Waals surface area contributed by atoms with E-state index < -0.39 is 0 Å². The Hall–Kier alpha value is -1.06. The van der Waals surface area contributed by atoms with Crippen LogP contribution in [0.3, 0.4) is 0 Å². The van der Waals surface area contributed by atoms with Crippen LogP contribution in [0.1, 0.15) is 45.2 Å². The molecule has 1 aromatic rings. The highest BCUT2D eigenvalue weighted by Gasteiger charge is 2.13. The van der Waals surface area contributed by atoms with Crippen LogP contribution < -0.4 is 5.32 Å². The standard InChI is InChI=1S/C16H25ClN2O/c1-4-9-19(10-5-2)16(20)12-18-13(3)14-7-6-8-15(17)11-14/h6-8,11,13,18H,4-5,9-10,12H2,1-3H3. The third-order valence-corrected chi connectivity index (χ3v) is 3.48. The molecular weight excluding hydrogens is 272 g/mol. The summed E-state index contributed by atoms with van der Waals surface area (Å²) in [5, 5.41) is 4.00. The number of benzene rings is 1. The second-order valence-corrected chi connectivity index (χ2v) is 5.47. The Morgan fingerprint density at radius 1 is 1.30 bits per heavy atom. The Kier molecular flexibility index (Phi) is 7.63. The fraction of sp³-hybridized carbons (Fsp3) is 0.562. The molecule has 0 aliphatic carbocycles. The topological polar surface area (TPSA) is 32.3 Å². The molecule has 0 fully saturated rings. The highest BCUT2D eigenvalue weighted by atomic mass is 35.5. The van der Waals surface area contributed by atoms with Crippen LogP contribution in [0.5, 0.6) is 0 Å². The van der Waals surface area contributed by atoms with Gasteiger partial charge in [0, 0.05) is 24.2 Å². The number of rotatable bonds is 8. The van der Waals surface area contributed by atoms with Crippen LogP contribution in [-0.2, 0) is 4.79 Å². The first-order valence-electron chi connectivity index (χ1n) is 7.35. The van der Waals surface area contributed by atoms with Gasteiger partial charge in [0.1, 0.15) is 0 Å². The number of amides is 1. The monoisotopic (exact) mass is 296 g/mol. The van der Waals surface area contributed by atoms with Gasteiger partial charge in [-0.3, -0.25) is 4.79 Å². The van der Waals surface area contributed by atoms with E-state index in [0.717, 1.165) is 36.5 Å². The van der Waals surface area contributed by atoms with Gasteiger partial charge in [0.2, 0.25) is 5.91 Å². The molecule has 1 amide bonds. The van der Waals surface area contributed by atoms with Crippen LogP contribution in [0.15, 0.2) is 24.3 Å². The zero-order valence-electron chi connectivity index (χ0n) is 12.7. The van der Waals surface area contributed by atoms with Crippen LogP contribution in [0, 0.1) is 0 Å². The highest BCUT2D eigenvalue weighted by Crippen LogP contribution is 2.17. The molecule has 0 radical (unpaired) electrons. The Bertz CT molecular complexity index is 417. The van der Waals surface area contributed by atoms with Crippen LogP contribution in [0.4, 0.5) is 0 Å². The number of carbonyl (C=O) groups excluding carboxylic acids is 1. The summed E-state index contributed by atoms with van der Waals surface area (Å²) in [5.41, 5.74) is 1.10. The van der Waals surface area contributed by atoms with E-state index >= 15 is 0 Å². The molecule has 0 bridgehead atoms. The third kappa shape index (κ3) is 5.51. The van der Waals surface area contributed by atoms with E-state index in [1.165, 1.54) is 0 Å². The minimum absolute atomic E-state index is 0.114. The summed E-state index contributed by atoms with van der Waals surface area (Å²) in [6.45, 7) is 8.27. The summed E-state index contributed by atoms with van der Waals surface area (Å²) in [4.78, 5) is 14.1. The average Bonchev–Trinajstić information content (AvgIpc) is 2.44. The smallest absolute Gasteiger partial charge is 0.236 e. The molecule has 1 N–H and O–H groups in total. The van der Waals surface area contributed by atoms with Crippen molar-refractivity contribution >= 4 is 17.5 Å². The lowest BCUT2D eigenvalue weighted by atomic mass is 10.1. The van der Waals surface area contributed by atoms with Crippen molar-refractivity contribution in [2.75, 3.05) is 19.6 Å². The maximum atomic E-state index is 12.2. The van der Waals surface area contributed by atoms with E-state index in [9.17, 15) is 4.79 Å². The predicted molar refractivity (Wildman–Crippen MR) is 85.0 cm³/mol. The molecule has 1 rings (SSSR count). The molecule has 3 nitrogen and oxygen atoms in total. The van der Waals surface area contributed by atoms with Crippen molar-refractivity contribution < 1.29 is 4.79 Å². The molecule has 0 aromatic heterocycles. The van der Waals surface area contributed by atoms with Crippen molar-refractivity contribution in [1.82, 2.24) is 10.2 Å². The normalized spacial score (nSPS) is 12.2. The largest absolute Gasteiger partial charge is 0.342 e. The van der Waals surface area contributed by atoms with Gasteiger partial charge in [-0.15, -0.1) is 0 Å². The Morgan fingerprint density at radius 3 is 2.50 bits per heavy atom. The average molecular weight is 297 g/mol. The van der Waals surface area contributed by atoms with Crippen molar-refractivity contribution in [3.8, 4) is 0 Å². The van der Waals surface area contributed by atoms with Gasteiger partial charge in [-0.25, -0.2) is 0 Å². The van der Waals surface area contributed by atoms with E-state index in [1.807, 2.05) is 36.1 Å². The fourth-order valence-electron chi connectivity index (χ4n) is 2.15. The molecule has 4 heteroatoms. The van der Waals surface area contributed by atoms with E-state index in [2.05, 4.69) is 19.2 Å². The van der Waals surface area contributed by atoms with Gasteiger partial charge in [0.05, 0.1) is 6.54 Å².